The number of rotatable bonds is 11. The highest BCUT2D eigenvalue weighted by atomic mass is 16.6. The van der Waals surface area contributed by atoms with E-state index in [0.717, 1.165) is 29.7 Å². The monoisotopic (exact) mass is 356 g/mol. The van der Waals surface area contributed by atoms with E-state index in [-0.39, 0.29) is 5.97 Å². The number of hydrogen-bond donors (Lipinski definition) is 0. The minimum absolute atomic E-state index is 0.318. The van der Waals surface area contributed by atoms with Crippen molar-refractivity contribution in [2.45, 2.75) is 45.8 Å². The molecule has 2 aromatic rings. The first kappa shape index (κ1) is 20.0. The Morgan fingerprint density at radius 1 is 1.00 bits per heavy atom. The van der Waals surface area contributed by atoms with Crippen LogP contribution in [-0.2, 0) is 27.3 Å². The fraction of sp³-hybridized carbons (Fsp3) is 0.409. The molecule has 0 amide bonds. The Kier molecular flexibility index (Phi) is 8.70. The Morgan fingerprint density at radius 3 is 2.46 bits per heavy atom. The van der Waals surface area contributed by atoms with E-state index in [9.17, 15) is 4.79 Å². The second-order valence-corrected chi connectivity index (χ2v) is 6.05. The van der Waals surface area contributed by atoms with Crippen LogP contribution in [0.2, 0.25) is 0 Å². The first-order valence-electron chi connectivity index (χ1n) is 9.27. The number of hydrogen-bond acceptors (Lipinski definition) is 4. The molecule has 0 spiro atoms. The molecular formula is C22H28O4. The van der Waals surface area contributed by atoms with Gasteiger partial charge in [0, 0.05) is 13.0 Å². The van der Waals surface area contributed by atoms with Crippen LogP contribution in [0.3, 0.4) is 0 Å². The number of esters is 1. The molecule has 4 heteroatoms. The van der Waals surface area contributed by atoms with Gasteiger partial charge in [-0.15, -0.1) is 0 Å². The Balaban J connectivity index is 2.05. The fourth-order valence-corrected chi connectivity index (χ4v) is 2.56. The molecule has 1 atom stereocenters. The third-order valence-electron chi connectivity index (χ3n) is 3.98. The molecule has 0 aliphatic rings. The summed E-state index contributed by atoms with van der Waals surface area (Å²) in [7, 11) is 0. The number of carbonyl (C=O) groups is 1. The van der Waals surface area contributed by atoms with Gasteiger partial charge in [-0.2, -0.15) is 0 Å². The summed E-state index contributed by atoms with van der Waals surface area (Å²) in [5, 5.41) is 0. The summed E-state index contributed by atoms with van der Waals surface area (Å²) in [6.07, 6.45) is 1.77. The molecule has 2 aromatic carbocycles. The Labute approximate surface area is 156 Å². The van der Waals surface area contributed by atoms with Crippen LogP contribution in [0.25, 0.3) is 0 Å². The maximum absolute atomic E-state index is 12.2. The zero-order valence-electron chi connectivity index (χ0n) is 15.6. The van der Waals surface area contributed by atoms with Crippen LogP contribution in [0.15, 0.2) is 54.6 Å². The Morgan fingerprint density at radius 2 is 1.73 bits per heavy atom. The molecule has 0 saturated carbocycles. The number of para-hydroxylation sites is 1. The van der Waals surface area contributed by atoms with Gasteiger partial charge in [0.15, 0.2) is 6.10 Å². The van der Waals surface area contributed by atoms with E-state index in [2.05, 4.69) is 6.92 Å². The molecule has 0 aliphatic heterocycles. The van der Waals surface area contributed by atoms with Crippen LogP contribution in [0.1, 0.15) is 37.8 Å². The minimum Gasteiger partial charge on any atom is -0.489 e. The molecule has 1 unspecified atom stereocenters. The van der Waals surface area contributed by atoms with E-state index in [1.807, 2.05) is 54.6 Å². The summed E-state index contributed by atoms with van der Waals surface area (Å²) in [6.45, 7) is 5.28. The van der Waals surface area contributed by atoms with Crippen molar-refractivity contribution in [3.8, 4) is 5.75 Å². The fourth-order valence-electron chi connectivity index (χ4n) is 2.56. The third kappa shape index (κ3) is 6.52. The van der Waals surface area contributed by atoms with Gasteiger partial charge in [-0.3, -0.25) is 0 Å². The van der Waals surface area contributed by atoms with Crippen molar-refractivity contribution in [1.82, 2.24) is 0 Å². The zero-order valence-corrected chi connectivity index (χ0v) is 15.6. The molecule has 0 fully saturated rings. The van der Waals surface area contributed by atoms with Crippen LogP contribution in [0.4, 0.5) is 0 Å². The predicted octanol–water partition coefficient (Wildman–Crippen LogP) is 4.56. The highest BCUT2D eigenvalue weighted by Crippen LogP contribution is 2.22. The Bertz CT molecular complexity index is 654. The lowest BCUT2D eigenvalue weighted by Crippen LogP contribution is -2.29. The topological polar surface area (TPSA) is 44.8 Å². The molecule has 0 N–H and O–H groups in total. The second-order valence-electron chi connectivity index (χ2n) is 6.05. The summed E-state index contributed by atoms with van der Waals surface area (Å²) in [6, 6.07) is 17.8. The van der Waals surface area contributed by atoms with E-state index in [0.29, 0.717) is 26.2 Å². The SMILES string of the molecule is CCCCOC(Cc1ccccc1OCc1ccccc1)C(=O)OCC. The molecule has 0 radical (unpaired) electrons. The molecule has 0 aromatic heterocycles. The summed E-state index contributed by atoms with van der Waals surface area (Å²) in [5.41, 5.74) is 2.04. The normalized spacial score (nSPS) is 11.8. The zero-order chi connectivity index (χ0) is 18.6. The van der Waals surface area contributed by atoms with Gasteiger partial charge in [0.2, 0.25) is 0 Å². The molecule has 140 valence electrons. The van der Waals surface area contributed by atoms with Crippen LogP contribution >= 0.6 is 0 Å². The molecular weight excluding hydrogens is 328 g/mol. The number of ether oxygens (including phenoxy) is 3. The average molecular weight is 356 g/mol. The predicted molar refractivity (Wildman–Crippen MR) is 102 cm³/mol. The van der Waals surface area contributed by atoms with Crippen LogP contribution in [0, 0.1) is 0 Å². The van der Waals surface area contributed by atoms with Crippen molar-refractivity contribution in [3.05, 3.63) is 65.7 Å². The van der Waals surface area contributed by atoms with Gasteiger partial charge in [0.25, 0.3) is 0 Å². The standard InChI is InChI=1S/C22H28O4/c1-3-5-15-25-21(22(23)24-4-2)16-19-13-9-10-14-20(19)26-17-18-11-7-6-8-12-18/h6-14,21H,3-5,15-17H2,1-2H3. The van der Waals surface area contributed by atoms with E-state index in [1.165, 1.54) is 0 Å². The second kappa shape index (κ2) is 11.3. The molecule has 4 nitrogen and oxygen atoms in total. The number of carbonyl (C=O) groups excluding carboxylic acids is 1. The lowest BCUT2D eigenvalue weighted by molar-refractivity contribution is -0.156. The van der Waals surface area contributed by atoms with Crippen LogP contribution in [0.5, 0.6) is 5.75 Å². The first-order valence-corrected chi connectivity index (χ1v) is 9.27. The van der Waals surface area contributed by atoms with Crippen LogP contribution in [-0.4, -0.2) is 25.3 Å². The lowest BCUT2D eigenvalue weighted by atomic mass is 10.1. The Hall–Kier alpha value is -2.33. The highest BCUT2D eigenvalue weighted by molar-refractivity contribution is 5.75. The van der Waals surface area contributed by atoms with E-state index in [4.69, 9.17) is 14.2 Å². The van der Waals surface area contributed by atoms with Gasteiger partial charge in [0.1, 0.15) is 12.4 Å². The highest BCUT2D eigenvalue weighted by Gasteiger charge is 2.22. The molecule has 0 heterocycles. The smallest absolute Gasteiger partial charge is 0.335 e. The summed E-state index contributed by atoms with van der Waals surface area (Å²) < 4.78 is 16.9. The quantitative estimate of drug-likeness (QED) is 0.437. The van der Waals surface area contributed by atoms with E-state index in [1.54, 1.807) is 6.92 Å². The van der Waals surface area contributed by atoms with Crippen molar-refractivity contribution in [3.63, 3.8) is 0 Å². The van der Waals surface area contributed by atoms with Gasteiger partial charge in [-0.05, 0) is 30.5 Å². The van der Waals surface area contributed by atoms with Crippen molar-refractivity contribution >= 4 is 5.97 Å². The van der Waals surface area contributed by atoms with Gasteiger partial charge >= 0.3 is 5.97 Å². The summed E-state index contributed by atoms with van der Waals surface area (Å²) >= 11 is 0. The van der Waals surface area contributed by atoms with Crippen molar-refractivity contribution < 1.29 is 19.0 Å². The molecule has 0 aliphatic carbocycles. The van der Waals surface area contributed by atoms with Gasteiger partial charge in [0.05, 0.1) is 6.61 Å². The molecule has 26 heavy (non-hydrogen) atoms. The molecule has 0 bridgehead atoms. The minimum atomic E-state index is -0.608. The third-order valence-corrected chi connectivity index (χ3v) is 3.98. The van der Waals surface area contributed by atoms with Gasteiger partial charge in [-0.1, -0.05) is 61.9 Å². The van der Waals surface area contributed by atoms with Crippen molar-refractivity contribution in [2.75, 3.05) is 13.2 Å². The van der Waals surface area contributed by atoms with E-state index < -0.39 is 6.10 Å². The van der Waals surface area contributed by atoms with Crippen LogP contribution < -0.4 is 4.74 Å². The van der Waals surface area contributed by atoms with Crippen molar-refractivity contribution in [1.29, 1.82) is 0 Å². The summed E-state index contributed by atoms with van der Waals surface area (Å²) in [4.78, 5) is 12.2. The largest absolute Gasteiger partial charge is 0.489 e. The first-order chi connectivity index (χ1) is 12.7. The van der Waals surface area contributed by atoms with Crippen molar-refractivity contribution in [2.24, 2.45) is 0 Å². The molecule has 0 saturated heterocycles. The maximum Gasteiger partial charge on any atom is 0.335 e. The number of benzene rings is 2. The maximum atomic E-state index is 12.2. The van der Waals surface area contributed by atoms with E-state index >= 15 is 0 Å². The average Bonchev–Trinajstić information content (AvgIpc) is 2.67. The van der Waals surface area contributed by atoms with Gasteiger partial charge < -0.3 is 14.2 Å². The van der Waals surface area contributed by atoms with Gasteiger partial charge in [-0.25, -0.2) is 4.79 Å². The number of unbranched alkanes of at least 4 members (excludes halogenated alkanes) is 1. The molecule has 2 rings (SSSR count). The lowest BCUT2D eigenvalue weighted by Gasteiger charge is -2.18. The summed E-state index contributed by atoms with van der Waals surface area (Å²) in [5.74, 6) is 0.450.